The number of hydrogen-bond acceptors (Lipinski definition) is 4. The lowest BCUT2D eigenvalue weighted by Gasteiger charge is -2.00. The van der Waals surface area contributed by atoms with Crippen LogP contribution in [0.15, 0.2) is 45.4 Å². The fourth-order valence-corrected chi connectivity index (χ4v) is 2.46. The van der Waals surface area contributed by atoms with Gasteiger partial charge in [-0.25, -0.2) is 4.39 Å². The van der Waals surface area contributed by atoms with E-state index in [-0.39, 0.29) is 5.82 Å². The van der Waals surface area contributed by atoms with Crippen molar-refractivity contribution in [1.82, 2.24) is 10.1 Å². The second-order valence-corrected chi connectivity index (χ2v) is 5.47. The minimum absolute atomic E-state index is 0.330. The average molecular weight is 348 g/mol. The number of rotatable bonds is 2. The summed E-state index contributed by atoms with van der Waals surface area (Å²) in [5.41, 5.74) is 8.89. The van der Waals surface area contributed by atoms with Crippen LogP contribution in [-0.4, -0.2) is 10.1 Å². The Morgan fingerprint density at radius 1 is 1.19 bits per heavy atom. The summed E-state index contributed by atoms with van der Waals surface area (Å²) < 4.78 is 19.0. The van der Waals surface area contributed by atoms with Crippen LogP contribution in [0.25, 0.3) is 22.8 Å². The molecule has 0 bridgehead atoms. The normalized spacial score (nSPS) is 10.8. The Kier molecular flexibility index (Phi) is 3.47. The summed E-state index contributed by atoms with van der Waals surface area (Å²) in [5, 5.41) is 3.94. The van der Waals surface area contributed by atoms with Gasteiger partial charge in [0.25, 0.3) is 5.89 Å². The number of benzene rings is 2. The van der Waals surface area contributed by atoms with Crippen LogP contribution in [-0.2, 0) is 0 Å². The highest BCUT2D eigenvalue weighted by molar-refractivity contribution is 9.10. The Morgan fingerprint density at radius 2 is 2.00 bits per heavy atom. The standard InChI is InChI=1S/C15H11BrFN3O/c1-8-6-9(2-5-13(8)18)15-19-14(20-21-15)11-4-3-10(17)7-12(11)16/h2-7H,18H2,1H3. The van der Waals surface area contributed by atoms with Gasteiger partial charge in [-0.05, 0) is 64.8 Å². The molecule has 0 unspecified atom stereocenters. The van der Waals surface area contributed by atoms with E-state index in [1.165, 1.54) is 12.1 Å². The maximum Gasteiger partial charge on any atom is 0.258 e. The highest BCUT2D eigenvalue weighted by Crippen LogP contribution is 2.29. The molecule has 3 aromatic rings. The third-order valence-electron chi connectivity index (χ3n) is 3.11. The maximum atomic E-state index is 13.1. The summed E-state index contributed by atoms with van der Waals surface area (Å²) in [6, 6.07) is 9.80. The minimum Gasteiger partial charge on any atom is -0.399 e. The molecule has 0 atom stereocenters. The first-order chi connectivity index (χ1) is 10.0. The number of nitrogens with zero attached hydrogens (tertiary/aromatic N) is 2. The molecule has 106 valence electrons. The Balaban J connectivity index is 2.01. The summed E-state index contributed by atoms with van der Waals surface area (Å²) in [7, 11) is 0. The summed E-state index contributed by atoms with van der Waals surface area (Å²) >= 11 is 3.29. The maximum absolute atomic E-state index is 13.1. The molecule has 0 aliphatic rings. The smallest absolute Gasteiger partial charge is 0.258 e. The Bertz CT molecular complexity index is 816. The Hall–Kier alpha value is -2.21. The van der Waals surface area contributed by atoms with Crippen molar-refractivity contribution < 1.29 is 8.91 Å². The van der Waals surface area contributed by atoms with E-state index in [0.717, 1.165) is 11.1 Å². The van der Waals surface area contributed by atoms with Gasteiger partial charge >= 0.3 is 0 Å². The Morgan fingerprint density at radius 3 is 2.71 bits per heavy atom. The largest absolute Gasteiger partial charge is 0.399 e. The number of nitrogen functional groups attached to an aromatic ring is 1. The molecule has 0 spiro atoms. The molecule has 2 N–H and O–H groups in total. The van der Waals surface area contributed by atoms with E-state index in [4.69, 9.17) is 10.3 Å². The molecule has 3 rings (SSSR count). The van der Waals surface area contributed by atoms with E-state index in [1.807, 2.05) is 19.1 Å². The molecule has 0 amide bonds. The van der Waals surface area contributed by atoms with Gasteiger partial charge in [-0.1, -0.05) is 5.16 Å². The lowest BCUT2D eigenvalue weighted by Crippen LogP contribution is -1.89. The van der Waals surface area contributed by atoms with E-state index >= 15 is 0 Å². The van der Waals surface area contributed by atoms with E-state index < -0.39 is 0 Å². The number of nitrogens with two attached hydrogens (primary N) is 1. The second kappa shape index (κ2) is 5.29. The van der Waals surface area contributed by atoms with Crippen LogP contribution >= 0.6 is 15.9 Å². The van der Waals surface area contributed by atoms with Crippen molar-refractivity contribution in [3.05, 3.63) is 52.3 Å². The summed E-state index contributed by atoms with van der Waals surface area (Å²) in [6.45, 7) is 1.91. The molecule has 6 heteroatoms. The molecule has 0 aliphatic carbocycles. The first kappa shape index (κ1) is 13.8. The van der Waals surface area contributed by atoms with Gasteiger partial charge in [-0.3, -0.25) is 0 Å². The van der Waals surface area contributed by atoms with Crippen molar-refractivity contribution in [2.75, 3.05) is 5.73 Å². The highest BCUT2D eigenvalue weighted by Gasteiger charge is 2.14. The van der Waals surface area contributed by atoms with Gasteiger partial charge in [-0.15, -0.1) is 0 Å². The molecular formula is C15H11BrFN3O. The third-order valence-corrected chi connectivity index (χ3v) is 3.77. The molecule has 21 heavy (non-hydrogen) atoms. The van der Waals surface area contributed by atoms with E-state index in [9.17, 15) is 4.39 Å². The quantitative estimate of drug-likeness (QED) is 0.705. The first-order valence-electron chi connectivity index (χ1n) is 6.20. The van der Waals surface area contributed by atoms with Crippen LogP contribution in [0.3, 0.4) is 0 Å². The van der Waals surface area contributed by atoms with Gasteiger partial charge in [0.15, 0.2) is 0 Å². The lowest BCUT2D eigenvalue weighted by molar-refractivity contribution is 0.432. The van der Waals surface area contributed by atoms with Crippen molar-refractivity contribution in [3.8, 4) is 22.8 Å². The van der Waals surface area contributed by atoms with Crippen molar-refractivity contribution in [2.24, 2.45) is 0 Å². The van der Waals surface area contributed by atoms with Gasteiger partial charge in [0, 0.05) is 21.3 Å². The average Bonchev–Trinajstić information content (AvgIpc) is 2.91. The molecular weight excluding hydrogens is 337 g/mol. The predicted molar refractivity (Wildman–Crippen MR) is 82.0 cm³/mol. The third kappa shape index (κ3) is 2.67. The number of anilines is 1. The van der Waals surface area contributed by atoms with E-state index in [0.29, 0.717) is 27.4 Å². The van der Waals surface area contributed by atoms with Crippen LogP contribution in [0.2, 0.25) is 0 Å². The van der Waals surface area contributed by atoms with Crippen molar-refractivity contribution in [1.29, 1.82) is 0 Å². The SMILES string of the molecule is Cc1cc(-c2nc(-c3ccc(F)cc3Br)no2)ccc1N. The molecule has 0 saturated carbocycles. The molecule has 1 aromatic heterocycles. The fourth-order valence-electron chi connectivity index (χ4n) is 1.93. The van der Waals surface area contributed by atoms with Crippen LogP contribution in [0.1, 0.15) is 5.56 Å². The number of hydrogen-bond donors (Lipinski definition) is 1. The summed E-state index contributed by atoms with van der Waals surface area (Å²) in [4.78, 5) is 4.34. The van der Waals surface area contributed by atoms with Crippen LogP contribution < -0.4 is 5.73 Å². The molecule has 1 heterocycles. The number of halogens is 2. The Labute approximate surface area is 128 Å². The van der Waals surface area contributed by atoms with Crippen molar-refractivity contribution in [3.63, 3.8) is 0 Å². The molecule has 0 aliphatic heterocycles. The van der Waals surface area contributed by atoms with Gasteiger partial charge in [0.05, 0.1) is 0 Å². The molecule has 0 fully saturated rings. The molecule has 4 nitrogen and oxygen atoms in total. The monoisotopic (exact) mass is 347 g/mol. The zero-order valence-corrected chi connectivity index (χ0v) is 12.7. The second-order valence-electron chi connectivity index (χ2n) is 4.62. The van der Waals surface area contributed by atoms with Crippen molar-refractivity contribution in [2.45, 2.75) is 6.92 Å². The van der Waals surface area contributed by atoms with Crippen LogP contribution in [0, 0.1) is 12.7 Å². The van der Waals surface area contributed by atoms with E-state index in [2.05, 4.69) is 26.1 Å². The van der Waals surface area contributed by atoms with Gasteiger partial charge in [0.1, 0.15) is 5.82 Å². The number of aromatic nitrogens is 2. The van der Waals surface area contributed by atoms with Crippen molar-refractivity contribution >= 4 is 21.6 Å². The lowest BCUT2D eigenvalue weighted by atomic mass is 10.1. The topological polar surface area (TPSA) is 64.9 Å². The summed E-state index contributed by atoms with van der Waals surface area (Å²) in [5.74, 6) is 0.458. The van der Waals surface area contributed by atoms with Crippen LogP contribution in [0.4, 0.5) is 10.1 Å². The van der Waals surface area contributed by atoms with Gasteiger partial charge in [-0.2, -0.15) is 4.98 Å². The predicted octanol–water partition coefficient (Wildman–Crippen LogP) is 4.20. The fraction of sp³-hybridized carbons (Fsp3) is 0.0667. The molecule has 2 aromatic carbocycles. The van der Waals surface area contributed by atoms with E-state index in [1.54, 1.807) is 12.1 Å². The minimum atomic E-state index is -0.330. The zero-order chi connectivity index (χ0) is 15.0. The highest BCUT2D eigenvalue weighted by atomic mass is 79.9. The number of aryl methyl sites for hydroxylation is 1. The van der Waals surface area contributed by atoms with Gasteiger partial charge in [0.2, 0.25) is 5.82 Å². The summed E-state index contributed by atoms with van der Waals surface area (Å²) in [6.07, 6.45) is 0. The molecule has 0 saturated heterocycles. The molecule has 0 radical (unpaired) electrons. The van der Waals surface area contributed by atoms with Gasteiger partial charge < -0.3 is 10.3 Å². The zero-order valence-electron chi connectivity index (χ0n) is 11.1. The van der Waals surface area contributed by atoms with Crippen LogP contribution in [0.5, 0.6) is 0 Å². The first-order valence-corrected chi connectivity index (χ1v) is 6.99.